The maximum absolute atomic E-state index is 12.6. The van der Waals surface area contributed by atoms with E-state index in [4.69, 9.17) is 9.26 Å². The Morgan fingerprint density at radius 1 is 0.947 bits per heavy atom. The lowest BCUT2D eigenvalue weighted by Crippen LogP contribution is -2.33. The summed E-state index contributed by atoms with van der Waals surface area (Å²) in [5, 5.41) is 19.5. The van der Waals surface area contributed by atoms with Crippen LogP contribution in [0, 0.1) is 6.92 Å². The van der Waals surface area contributed by atoms with Gasteiger partial charge in [-0.2, -0.15) is 0 Å². The summed E-state index contributed by atoms with van der Waals surface area (Å²) in [7, 11) is 0. The van der Waals surface area contributed by atoms with Crippen LogP contribution in [0.5, 0.6) is 0 Å². The van der Waals surface area contributed by atoms with Crippen molar-refractivity contribution in [3.8, 4) is 11.3 Å². The highest BCUT2D eigenvalue weighted by atomic mass is 16.6. The number of carboxylic acids is 1. The SMILES string of the molecule is Cc1noc(-c2ccc(CNC(CC(=O)O)Cc3ccccc3)cc2)c1NC(=O)OC(C)c1ccccc1. The number of hydrogen-bond donors (Lipinski definition) is 3. The molecule has 8 heteroatoms. The van der Waals surface area contributed by atoms with Crippen LogP contribution in [0.1, 0.15) is 41.8 Å². The molecule has 0 spiro atoms. The minimum atomic E-state index is -0.841. The molecule has 2 unspecified atom stereocenters. The molecular weight excluding hydrogens is 482 g/mol. The molecule has 8 nitrogen and oxygen atoms in total. The molecule has 0 saturated carbocycles. The van der Waals surface area contributed by atoms with Gasteiger partial charge in [-0.25, -0.2) is 4.79 Å². The summed E-state index contributed by atoms with van der Waals surface area (Å²) in [5.41, 5.74) is 4.69. The van der Waals surface area contributed by atoms with Crippen molar-refractivity contribution in [1.82, 2.24) is 10.5 Å². The van der Waals surface area contributed by atoms with Crippen LogP contribution in [-0.4, -0.2) is 28.4 Å². The van der Waals surface area contributed by atoms with Crippen molar-refractivity contribution in [1.29, 1.82) is 0 Å². The molecule has 3 N–H and O–H groups in total. The van der Waals surface area contributed by atoms with Gasteiger partial charge in [-0.3, -0.25) is 10.1 Å². The van der Waals surface area contributed by atoms with Gasteiger partial charge in [0.2, 0.25) is 0 Å². The molecule has 4 aromatic rings. The van der Waals surface area contributed by atoms with Crippen LogP contribution in [-0.2, 0) is 22.5 Å². The standard InChI is InChI=1S/C30H31N3O5/c1-20-28(32-30(36)37-21(2)24-11-7-4-8-12-24)29(38-33-20)25-15-13-23(14-16-25)19-31-26(18-27(34)35)17-22-9-5-3-6-10-22/h3-16,21,26,31H,17-19H2,1-2H3,(H,32,36)(H,34,35). The number of hydrogen-bond acceptors (Lipinski definition) is 6. The Labute approximate surface area is 221 Å². The molecule has 4 rings (SSSR count). The molecule has 1 amide bonds. The number of amides is 1. The van der Waals surface area contributed by atoms with Crippen LogP contribution in [0.2, 0.25) is 0 Å². The van der Waals surface area contributed by atoms with E-state index in [1.165, 1.54) is 0 Å². The fourth-order valence-corrected chi connectivity index (χ4v) is 4.16. The van der Waals surface area contributed by atoms with E-state index in [1.54, 1.807) is 6.92 Å². The minimum absolute atomic E-state index is 0.0261. The molecule has 38 heavy (non-hydrogen) atoms. The van der Waals surface area contributed by atoms with Crippen molar-refractivity contribution >= 4 is 17.7 Å². The van der Waals surface area contributed by atoms with Crippen LogP contribution >= 0.6 is 0 Å². The summed E-state index contributed by atoms with van der Waals surface area (Å²) < 4.78 is 11.0. The van der Waals surface area contributed by atoms with Crippen molar-refractivity contribution in [3.05, 3.63) is 107 Å². The Morgan fingerprint density at radius 3 is 2.26 bits per heavy atom. The molecule has 1 heterocycles. The summed E-state index contributed by atoms with van der Waals surface area (Å²) in [5.74, 6) is -0.412. The van der Waals surface area contributed by atoms with Gasteiger partial charge in [-0.1, -0.05) is 90.1 Å². The predicted octanol–water partition coefficient (Wildman–Crippen LogP) is 6.14. The van der Waals surface area contributed by atoms with E-state index in [2.05, 4.69) is 15.8 Å². The largest absolute Gasteiger partial charge is 0.481 e. The number of anilines is 1. The maximum atomic E-state index is 12.6. The fraction of sp³-hybridized carbons (Fsp3) is 0.233. The number of nitrogens with zero attached hydrogens (tertiary/aromatic N) is 1. The van der Waals surface area contributed by atoms with Crippen LogP contribution in [0.15, 0.2) is 89.5 Å². The molecule has 196 valence electrons. The molecule has 2 atom stereocenters. The summed E-state index contributed by atoms with van der Waals surface area (Å²) >= 11 is 0. The Morgan fingerprint density at radius 2 is 1.61 bits per heavy atom. The molecule has 0 saturated heterocycles. The first-order valence-electron chi connectivity index (χ1n) is 12.5. The number of rotatable bonds is 11. The van der Waals surface area contributed by atoms with Gasteiger partial charge in [0.05, 0.1) is 6.42 Å². The maximum Gasteiger partial charge on any atom is 0.412 e. The van der Waals surface area contributed by atoms with Crippen LogP contribution in [0.3, 0.4) is 0 Å². The van der Waals surface area contributed by atoms with Gasteiger partial charge in [-0.05, 0) is 37.0 Å². The summed E-state index contributed by atoms with van der Waals surface area (Å²) in [6.07, 6.45) is -0.370. The van der Waals surface area contributed by atoms with Crippen LogP contribution < -0.4 is 10.6 Å². The highest BCUT2D eigenvalue weighted by Crippen LogP contribution is 2.31. The van der Waals surface area contributed by atoms with E-state index in [-0.39, 0.29) is 12.5 Å². The lowest BCUT2D eigenvalue weighted by atomic mass is 10.0. The number of aryl methyl sites for hydroxylation is 1. The molecule has 0 bridgehead atoms. The zero-order valence-electron chi connectivity index (χ0n) is 21.4. The Balaban J connectivity index is 1.39. The molecule has 3 aromatic carbocycles. The Kier molecular flexibility index (Phi) is 8.89. The van der Waals surface area contributed by atoms with E-state index in [9.17, 15) is 14.7 Å². The van der Waals surface area contributed by atoms with E-state index in [0.717, 1.165) is 22.3 Å². The molecular formula is C30H31N3O5. The third kappa shape index (κ3) is 7.30. The topological polar surface area (TPSA) is 114 Å². The monoisotopic (exact) mass is 513 g/mol. The number of ether oxygens (including phenoxy) is 1. The third-order valence-electron chi connectivity index (χ3n) is 6.20. The third-order valence-corrected chi connectivity index (χ3v) is 6.20. The van der Waals surface area contributed by atoms with Gasteiger partial charge >= 0.3 is 12.1 Å². The van der Waals surface area contributed by atoms with Gasteiger partial charge in [0, 0.05) is 18.2 Å². The second-order valence-corrected chi connectivity index (χ2v) is 9.12. The van der Waals surface area contributed by atoms with Gasteiger partial charge in [0.25, 0.3) is 0 Å². The summed E-state index contributed by atoms with van der Waals surface area (Å²) in [6, 6.07) is 26.7. The number of carbonyl (C=O) groups is 2. The number of carboxylic acid groups (broad SMARTS) is 1. The Hall–Kier alpha value is -4.43. The normalized spacial score (nSPS) is 12.5. The number of aromatic nitrogens is 1. The average Bonchev–Trinajstić information content (AvgIpc) is 3.28. The highest BCUT2D eigenvalue weighted by Gasteiger charge is 2.20. The van der Waals surface area contributed by atoms with E-state index < -0.39 is 18.2 Å². The van der Waals surface area contributed by atoms with E-state index in [1.807, 2.05) is 91.9 Å². The van der Waals surface area contributed by atoms with Gasteiger partial charge in [0.15, 0.2) is 5.76 Å². The van der Waals surface area contributed by atoms with Gasteiger partial charge in [0.1, 0.15) is 17.5 Å². The average molecular weight is 514 g/mol. The number of nitrogens with one attached hydrogen (secondary N) is 2. The number of benzene rings is 3. The van der Waals surface area contributed by atoms with E-state index in [0.29, 0.717) is 30.1 Å². The first-order valence-corrected chi connectivity index (χ1v) is 12.5. The zero-order valence-corrected chi connectivity index (χ0v) is 21.4. The van der Waals surface area contributed by atoms with Crippen LogP contribution in [0.4, 0.5) is 10.5 Å². The first kappa shape index (κ1) is 26.6. The van der Waals surface area contributed by atoms with Crippen molar-refractivity contribution in [2.75, 3.05) is 5.32 Å². The van der Waals surface area contributed by atoms with E-state index >= 15 is 0 Å². The highest BCUT2D eigenvalue weighted by molar-refractivity contribution is 5.90. The van der Waals surface area contributed by atoms with Crippen molar-refractivity contribution in [2.45, 2.75) is 45.4 Å². The first-order chi connectivity index (χ1) is 18.4. The number of aliphatic carboxylic acids is 1. The summed E-state index contributed by atoms with van der Waals surface area (Å²) in [6.45, 7) is 4.07. The van der Waals surface area contributed by atoms with Crippen LogP contribution in [0.25, 0.3) is 11.3 Å². The Bertz CT molecular complexity index is 1340. The quantitative estimate of drug-likeness (QED) is 0.221. The molecule has 0 aliphatic rings. The van der Waals surface area contributed by atoms with Gasteiger partial charge in [-0.15, -0.1) is 0 Å². The molecule has 0 aliphatic heterocycles. The summed E-state index contributed by atoms with van der Waals surface area (Å²) in [4.78, 5) is 23.9. The lowest BCUT2D eigenvalue weighted by Gasteiger charge is -2.17. The molecule has 1 aromatic heterocycles. The number of carbonyl (C=O) groups excluding carboxylic acids is 1. The smallest absolute Gasteiger partial charge is 0.412 e. The fourth-order valence-electron chi connectivity index (χ4n) is 4.16. The van der Waals surface area contributed by atoms with Crippen molar-refractivity contribution in [2.24, 2.45) is 0 Å². The minimum Gasteiger partial charge on any atom is -0.481 e. The molecule has 0 aliphatic carbocycles. The van der Waals surface area contributed by atoms with Gasteiger partial charge < -0.3 is 19.7 Å². The zero-order chi connectivity index (χ0) is 26.9. The lowest BCUT2D eigenvalue weighted by molar-refractivity contribution is -0.137. The molecule has 0 fully saturated rings. The second kappa shape index (κ2) is 12.7. The predicted molar refractivity (Wildman–Crippen MR) is 145 cm³/mol. The second-order valence-electron chi connectivity index (χ2n) is 9.12. The van der Waals surface area contributed by atoms with Crippen molar-refractivity contribution in [3.63, 3.8) is 0 Å². The van der Waals surface area contributed by atoms with Crippen molar-refractivity contribution < 1.29 is 24.0 Å². The molecule has 0 radical (unpaired) electrons.